The second-order valence-electron chi connectivity index (χ2n) is 3.67. The fourth-order valence-corrected chi connectivity index (χ4v) is 2.11. The van der Waals surface area contributed by atoms with Crippen LogP contribution in [0.3, 0.4) is 0 Å². The van der Waals surface area contributed by atoms with E-state index in [1.165, 1.54) is 0 Å². The van der Waals surface area contributed by atoms with Crippen molar-refractivity contribution in [1.82, 2.24) is 9.55 Å². The van der Waals surface area contributed by atoms with Gasteiger partial charge in [0.15, 0.2) is 0 Å². The first-order valence-electron chi connectivity index (χ1n) is 5.24. The van der Waals surface area contributed by atoms with Gasteiger partial charge in [0.2, 0.25) is 0 Å². The second-order valence-corrected chi connectivity index (χ2v) is 4.91. The standard InChI is InChI=1S/C12H10IN3O/c13-9-3-4-11-10(7-9)12(17)16(8-15-11)6-2-1-5-14/h3-4,7-8H,1-2,6H2. The van der Waals surface area contributed by atoms with E-state index in [2.05, 4.69) is 33.6 Å². The molecule has 0 aliphatic carbocycles. The number of fused-ring (bicyclic) bond motifs is 1. The number of hydrogen-bond acceptors (Lipinski definition) is 3. The van der Waals surface area contributed by atoms with Crippen molar-refractivity contribution in [2.75, 3.05) is 0 Å². The molecule has 0 saturated heterocycles. The quantitative estimate of drug-likeness (QED) is 0.637. The molecule has 0 bridgehead atoms. The van der Waals surface area contributed by atoms with Crippen LogP contribution in [0, 0.1) is 14.9 Å². The number of nitriles is 1. The first-order valence-corrected chi connectivity index (χ1v) is 6.32. The summed E-state index contributed by atoms with van der Waals surface area (Å²) in [6.45, 7) is 0.542. The van der Waals surface area contributed by atoms with Gasteiger partial charge in [0.05, 0.1) is 23.3 Å². The average molecular weight is 339 g/mol. The van der Waals surface area contributed by atoms with Gasteiger partial charge in [-0.15, -0.1) is 0 Å². The zero-order valence-corrected chi connectivity index (χ0v) is 11.2. The van der Waals surface area contributed by atoms with Crippen LogP contribution in [0.1, 0.15) is 12.8 Å². The summed E-state index contributed by atoms with van der Waals surface area (Å²) in [6, 6.07) is 7.68. The van der Waals surface area contributed by atoms with Crippen molar-refractivity contribution in [3.63, 3.8) is 0 Å². The molecule has 0 radical (unpaired) electrons. The lowest BCUT2D eigenvalue weighted by atomic mass is 10.2. The molecule has 0 aliphatic rings. The summed E-state index contributed by atoms with van der Waals surface area (Å²) in [6.07, 6.45) is 2.68. The van der Waals surface area contributed by atoms with Crippen LogP contribution in [0.5, 0.6) is 0 Å². The zero-order chi connectivity index (χ0) is 12.3. The van der Waals surface area contributed by atoms with E-state index >= 15 is 0 Å². The van der Waals surface area contributed by atoms with Crippen LogP contribution in [-0.4, -0.2) is 9.55 Å². The Morgan fingerprint density at radius 2 is 2.29 bits per heavy atom. The molecule has 0 aliphatic heterocycles. The predicted molar refractivity (Wildman–Crippen MR) is 73.6 cm³/mol. The first-order chi connectivity index (χ1) is 8.22. The molecule has 0 atom stereocenters. The first kappa shape index (κ1) is 12.0. The minimum atomic E-state index is -0.0357. The third-order valence-corrected chi connectivity index (χ3v) is 3.14. The Labute approximate surface area is 112 Å². The third kappa shape index (κ3) is 2.64. The smallest absolute Gasteiger partial charge is 0.261 e. The van der Waals surface area contributed by atoms with E-state index in [4.69, 9.17) is 5.26 Å². The molecule has 5 heteroatoms. The molecule has 2 aromatic rings. The highest BCUT2D eigenvalue weighted by Crippen LogP contribution is 2.11. The molecule has 0 saturated carbocycles. The van der Waals surface area contributed by atoms with Gasteiger partial charge in [-0.1, -0.05) is 0 Å². The molecule has 1 heterocycles. The fraction of sp³-hybridized carbons (Fsp3) is 0.250. The normalized spacial score (nSPS) is 10.4. The largest absolute Gasteiger partial charge is 0.299 e. The van der Waals surface area contributed by atoms with E-state index < -0.39 is 0 Å². The highest BCUT2D eigenvalue weighted by Gasteiger charge is 2.04. The van der Waals surface area contributed by atoms with E-state index in [1.54, 1.807) is 10.9 Å². The molecular weight excluding hydrogens is 329 g/mol. The molecule has 4 nitrogen and oxygen atoms in total. The molecule has 0 unspecified atom stereocenters. The molecule has 0 spiro atoms. The Balaban J connectivity index is 2.43. The lowest BCUT2D eigenvalue weighted by Gasteiger charge is -2.05. The number of nitrogens with zero attached hydrogens (tertiary/aromatic N) is 3. The van der Waals surface area contributed by atoms with Crippen LogP contribution in [0.2, 0.25) is 0 Å². The lowest BCUT2D eigenvalue weighted by molar-refractivity contribution is 0.626. The average Bonchev–Trinajstić information content (AvgIpc) is 2.33. The van der Waals surface area contributed by atoms with Gasteiger partial charge in [0.25, 0.3) is 5.56 Å². The molecule has 1 aromatic carbocycles. The number of aromatic nitrogens is 2. The summed E-state index contributed by atoms with van der Waals surface area (Å²) in [5, 5.41) is 9.10. The molecule has 0 N–H and O–H groups in total. The zero-order valence-electron chi connectivity index (χ0n) is 9.06. The third-order valence-electron chi connectivity index (χ3n) is 2.47. The van der Waals surface area contributed by atoms with Gasteiger partial charge < -0.3 is 0 Å². The van der Waals surface area contributed by atoms with Crippen molar-refractivity contribution in [1.29, 1.82) is 5.26 Å². The molecule has 2 rings (SSSR count). The topological polar surface area (TPSA) is 58.7 Å². The van der Waals surface area contributed by atoms with Crippen LogP contribution in [0.25, 0.3) is 10.9 Å². The van der Waals surface area contributed by atoms with Gasteiger partial charge in [-0.05, 0) is 47.2 Å². The van der Waals surface area contributed by atoms with E-state index in [-0.39, 0.29) is 5.56 Å². The summed E-state index contributed by atoms with van der Waals surface area (Å²) < 4.78 is 2.58. The Hall–Kier alpha value is -1.42. The number of halogens is 1. The maximum absolute atomic E-state index is 12.1. The minimum Gasteiger partial charge on any atom is -0.299 e. The van der Waals surface area contributed by atoms with Crippen LogP contribution in [0.15, 0.2) is 29.3 Å². The van der Waals surface area contributed by atoms with Gasteiger partial charge in [0, 0.05) is 16.5 Å². The number of unbranched alkanes of at least 4 members (excludes halogenated alkanes) is 1. The van der Waals surface area contributed by atoms with Gasteiger partial charge in [-0.25, -0.2) is 4.98 Å². The van der Waals surface area contributed by atoms with Gasteiger partial charge in [0.1, 0.15) is 0 Å². The number of aryl methyl sites for hydroxylation is 1. The van der Waals surface area contributed by atoms with Crippen molar-refractivity contribution in [2.24, 2.45) is 0 Å². The molecule has 17 heavy (non-hydrogen) atoms. The van der Waals surface area contributed by atoms with E-state index in [0.29, 0.717) is 30.3 Å². The Kier molecular flexibility index (Phi) is 3.74. The molecule has 1 aromatic heterocycles. The molecule has 86 valence electrons. The highest BCUT2D eigenvalue weighted by atomic mass is 127. The summed E-state index contributed by atoms with van der Waals surface area (Å²) in [7, 11) is 0. The lowest BCUT2D eigenvalue weighted by Crippen LogP contribution is -2.20. The molecular formula is C12H10IN3O. The summed E-state index contributed by atoms with van der Waals surface area (Å²) >= 11 is 2.17. The summed E-state index contributed by atoms with van der Waals surface area (Å²) in [5.41, 5.74) is 0.679. The van der Waals surface area contributed by atoms with Crippen molar-refractivity contribution in [3.8, 4) is 6.07 Å². The summed E-state index contributed by atoms with van der Waals surface area (Å²) in [4.78, 5) is 16.4. The highest BCUT2D eigenvalue weighted by molar-refractivity contribution is 14.1. The predicted octanol–water partition coefficient (Wildman–Crippen LogP) is 2.30. The van der Waals surface area contributed by atoms with Gasteiger partial charge >= 0.3 is 0 Å². The van der Waals surface area contributed by atoms with E-state index in [0.717, 1.165) is 3.57 Å². The maximum atomic E-state index is 12.1. The Morgan fingerprint density at radius 1 is 1.47 bits per heavy atom. The molecule has 0 fully saturated rings. The van der Waals surface area contributed by atoms with Gasteiger partial charge in [-0.3, -0.25) is 9.36 Å². The van der Waals surface area contributed by atoms with Crippen LogP contribution < -0.4 is 5.56 Å². The number of benzene rings is 1. The maximum Gasteiger partial charge on any atom is 0.261 e. The van der Waals surface area contributed by atoms with E-state index in [9.17, 15) is 4.79 Å². The van der Waals surface area contributed by atoms with Crippen molar-refractivity contribution in [2.45, 2.75) is 19.4 Å². The minimum absolute atomic E-state index is 0.0357. The number of hydrogen-bond donors (Lipinski definition) is 0. The van der Waals surface area contributed by atoms with E-state index in [1.807, 2.05) is 18.2 Å². The van der Waals surface area contributed by atoms with Crippen LogP contribution in [0.4, 0.5) is 0 Å². The van der Waals surface area contributed by atoms with Crippen molar-refractivity contribution < 1.29 is 0 Å². The van der Waals surface area contributed by atoms with Crippen molar-refractivity contribution in [3.05, 3.63) is 38.5 Å². The Morgan fingerprint density at radius 3 is 3.06 bits per heavy atom. The number of rotatable bonds is 3. The van der Waals surface area contributed by atoms with Crippen LogP contribution >= 0.6 is 22.6 Å². The Bertz CT molecular complexity index is 642. The van der Waals surface area contributed by atoms with Crippen LogP contribution in [-0.2, 0) is 6.54 Å². The second kappa shape index (κ2) is 5.27. The summed E-state index contributed by atoms with van der Waals surface area (Å²) in [5.74, 6) is 0. The fourth-order valence-electron chi connectivity index (χ4n) is 1.62. The SMILES string of the molecule is N#CCCCn1cnc2ccc(I)cc2c1=O. The molecule has 0 amide bonds. The van der Waals surface area contributed by atoms with Gasteiger partial charge in [-0.2, -0.15) is 5.26 Å². The van der Waals surface area contributed by atoms with Crippen molar-refractivity contribution >= 4 is 33.5 Å². The monoisotopic (exact) mass is 339 g/mol.